The van der Waals surface area contributed by atoms with E-state index in [9.17, 15) is 14.0 Å². The molecule has 5 aromatic rings. The molecule has 0 fully saturated rings. The highest BCUT2D eigenvalue weighted by molar-refractivity contribution is 7.22. The number of hydrogen-bond donors (Lipinski definition) is 0. The van der Waals surface area contributed by atoms with Gasteiger partial charge >= 0.3 is 0 Å². The van der Waals surface area contributed by atoms with Gasteiger partial charge in [-0.15, -0.1) is 11.3 Å². The summed E-state index contributed by atoms with van der Waals surface area (Å²) < 4.78 is 23.7. The molecule has 3 heterocycles. The monoisotopic (exact) mass is 528 g/mol. The van der Waals surface area contributed by atoms with Crippen molar-refractivity contribution >= 4 is 38.9 Å². The van der Waals surface area contributed by atoms with Crippen LogP contribution in [0.15, 0.2) is 79.4 Å². The molecule has 0 aliphatic rings. The summed E-state index contributed by atoms with van der Waals surface area (Å²) in [5.41, 5.74) is 2.76. The Bertz CT molecular complexity index is 1610. The zero-order valence-corrected chi connectivity index (χ0v) is 21.7. The van der Waals surface area contributed by atoms with E-state index in [1.807, 2.05) is 42.0 Å². The van der Waals surface area contributed by atoms with Gasteiger partial charge in [-0.05, 0) is 42.8 Å². The summed E-state index contributed by atoms with van der Waals surface area (Å²) >= 11 is 1.48. The Morgan fingerprint density at radius 1 is 1.05 bits per heavy atom. The number of hydrogen-bond acceptors (Lipinski definition) is 6. The molecule has 0 unspecified atom stereocenters. The molecule has 0 saturated heterocycles. The largest absolute Gasteiger partial charge is 0.453 e. The van der Waals surface area contributed by atoms with Crippen LogP contribution < -0.4 is 9.64 Å². The van der Waals surface area contributed by atoms with Crippen LogP contribution in [0.2, 0.25) is 0 Å². The molecule has 0 radical (unpaired) electrons. The topological polar surface area (TPSA) is 77.3 Å². The summed E-state index contributed by atoms with van der Waals surface area (Å²) in [6.45, 7) is 2.87. The van der Waals surface area contributed by atoms with Gasteiger partial charge < -0.3 is 14.2 Å². The average Bonchev–Trinajstić information content (AvgIpc) is 3.58. The number of imidazole rings is 1. The first kappa shape index (κ1) is 25.3. The van der Waals surface area contributed by atoms with E-state index in [1.165, 1.54) is 28.4 Å². The summed E-state index contributed by atoms with van der Waals surface area (Å²) in [6, 6.07) is 17.1. The summed E-state index contributed by atoms with van der Waals surface area (Å²) in [6.07, 6.45) is 5.05. The van der Waals surface area contributed by atoms with Gasteiger partial charge in [0.05, 0.1) is 33.5 Å². The van der Waals surface area contributed by atoms with Gasteiger partial charge in [0.25, 0.3) is 0 Å². The molecule has 0 aliphatic heterocycles. The minimum Gasteiger partial charge on any atom is -0.453 e. The summed E-state index contributed by atoms with van der Waals surface area (Å²) in [5, 5.41) is 0. The highest BCUT2D eigenvalue weighted by atomic mass is 32.1. The van der Waals surface area contributed by atoms with E-state index in [-0.39, 0.29) is 30.3 Å². The first-order chi connectivity index (χ1) is 18.4. The smallest absolute Gasteiger partial charge is 0.234 e. The molecule has 0 bridgehead atoms. The first-order valence-corrected chi connectivity index (χ1v) is 12.9. The highest BCUT2D eigenvalue weighted by Crippen LogP contribution is 2.39. The van der Waals surface area contributed by atoms with Crippen molar-refractivity contribution in [2.24, 2.45) is 0 Å². The molecule has 7 nitrogen and oxygen atoms in total. The third-order valence-corrected chi connectivity index (χ3v) is 7.27. The lowest BCUT2D eigenvalue weighted by molar-refractivity contribution is -0.126. The molecular formula is C29H25FN4O3S. The molecule has 5 rings (SSSR count). The number of nitrogens with zero attached hydrogens (tertiary/aromatic N) is 4. The predicted molar refractivity (Wildman–Crippen MR) is 146 cm³/mol. The first-order valence-electron chi connectivity index (χ1n) is 12.1. The van der Waals surface area contributed by atoms with E-state index in [4.69, 9.17) is 4.74 Å². The zero-order chi connectivity index (χ0) is 26.6. The predicted octanol–water partition coefficient (Wildman–Crippen LogP) is 6.28. The van der Waals surface area contributed by atoms with Crippen molar-refractivity contribution in [1.29, 1.82) is 0 Å². The number of para-hydroxylation sites is 1. The maximum Gasteiger partial charge on any atom is 0.234 e. The van der Waals surface area contributed by atoms with E-state index < -0.39 is 5.82 Å². The Balaban J connectivity index is 1.27. The number of rotatable bonds is 9. The van der Waals surface area contributed by atoms with Crippen LogP contribution in [0.25, 0.3) is 20.8 Å². The fraction of sp³-hybridized carbons (Fsp3) is 0.172. The van der Waals surface area contributed by atoms with Gasteiger partial charge in [-0.1, -0.05) is 24.3 Å². The van der Waals surface area contributed by atoms with Crippen LogP contribution in [0, 0.1) is 5.82 Å². The van der Waals surface area contributed by atoms with Gasteiger partial charge in [-0.3, -0.25) is 14.6 Å². The normalized spacial score (nSPS) is 11.0. The van der Waals surface area contributed by atoms with E-state index >= 15 is 0 Å². The number of amides is 1. The number of carbonyl (C=O) groups excluding carboxylic acids is 2. The third kappa shape index (κ3) is 5.47. The highest BCUT2D eigenvalue weighted by Gasteiger charge is 2.18. The molecular weight excluding hydrogens is 503 g/mol. The van der Waals surface area contributed by atoms with Crippen molar-refractivity contribution in [1.82, 2.24) is 14.5 Å². The number of carbonyl (C=O) groups is 2. The SMILES string of the molecule is CCn1cnc(-c2cc3nccc(Oc4ccc(CC(=O)CC(=O)N(C)c5ccccc5)cc4F)c3s2)c1. The van der Waals surface area contributed by atoms with E-state index in [0.29, 0.717) is 17.0 Å². The molecule has 3 aromatic heterocycles. The summed E-state index contributed by atoms with van der Waals surface area (Å²) in [7, 11) is 1.63. The number of fused-ring (bicyclic) bond motifs is 1. The number of Topliss-reactive ketones (excluding diaryl/α,β-unsaturated/α-hetero) is 1. The number of benzene rings is 2. The minimum atomic E-state index is -0.591. The lowest BCUT2D eigenvalue weighted by Crippen LogP contribution is -2.28. The molecule has 2 aromatic carbocycles. The Morgan fingerprint density at radius 3 is 2.61 bits per heavy atom. The fourth-order valence-electron chi connectivity index (χ4n) is 4.01. The summed E-state index contributed by atoms with van der Waals surface area (Å²) in [5.74, 6) is -0.679. The van der Waals surface area contributed by atoms with E-state index in [0.717, 1.165) is 27.3 Å². The van der Waals surface area contributed by atoms with Crippen LogP contribution in [-0.4, -0.2) is 33.3 Å². The van der Waals surface area contributed by atoms with Crippen LogP contribution in [0.4, 0.5) is 10.1 Å². The third-order valence-electron chi connectivity index (χ3n) is 6.11. The second-order valence-corrected chi connectivity index (χ2v) is 9.82. The average molecular weight is 529 g/mol. The standard InChI is InChI=1S/C29H25FN4O3S/c1-3-34-17-24(32-18-34)27-16-23-29(38-27)26(11-12-31-23)37-25-10-9-19(14-22(25)30)13-21(35)15-28(36)33(2)20-7-5-4-6-8-20/h4-12,14,16-18H,3,13,15H2,1-2H3. The summed E-state index contributed by atoms with van der Waals surface area (Å²) in [4.78, 5) is 36.3. The molecule has 0 atom stereocenters. The van der Waals surface area contributed by atoms with Gasteiger partial charge in [0, 0.05) is 44.2 Å². The van der Waals surface area contributed by atoms with Gasteiger partial charge in [0.2, 0.25) is 5.91 Å². The van der Waals surface area contributed by atoms with E-state index in [1.54, 1.807) is 43.8 Å². The number of aryl methyl sites for hydroxylation is 1. The maximum atomic E-state index is 15.0. The Kier molecular flexibility index (Phi) is 7.28. The van der Waals surface area contributed by atoms with Crippen LogP contribution in [0.3, 0.4) is 0 Å². The van der Waals surface area contributed by atoms with Crippen molar-refractivity contribution in [2.75, 3.05) is 11.9 Å². The number of thiophene rings is 1. The molecule has 0 spiro atoms. The maximum absolute atomic E-state index is 15.0. The van der Waals surface area contributed by atoms with E-state index in [2.05, 4.69) is 9.97 Å². The van der Waals surface area contributed by atoms with Crippen molar-refractivity contribution in [2.45, 2.75) is 26.3 Å². The number of ether oxygens (including phenoxy) is 1. The molecule has 192 valence electrons. The number of halogens is 1. The Labute approximate surface area is 223 Å². The molecule has 9 heteroatoms. The lowest BCUT2D eigenvalue weighted by Gasteiger charge is -2.16. The minimum absolute atomic E-state index is 0.0406. The fourth-order valence-corrected chi connectivity index (χ4v) is 5.04. The van der Waals surface area contributed by atoms with Crippen LogP contribution in [0.5, 0.6) is 11.5 Å². The van der Waals surface area contributed by atoms with Gasteiger partial charge in [-0.25, -0.2) is 9.37 Å². The molecule has 38 heavy (non-hydrogen) atoms. The second-order valence-electron chi connectivity index (χ2n) is 8.77. The second kappa shape index (κ2) is 10.9. The van der Waals surface area contributed by atoms with Gasteiger partial charge in [0.15, 0.2) is 11.6 Å². The molecule has 0 aliphatic carbocycles. The van der Waals surface area contributed by atoms with Crippen LogP contribution >= 0.6 is 11.3 Å². The lowest BCUT2D eigenvalue weighted by atomic mass is 10.1. The van der Waals surface area contributed by atoms with Crippen molar-refractivity contribution in [3.8, 4) is 22.1 Å². The van der Waals surface area contributed by atoms with Crippen molar-refractivity contribution in [3.05, 3.63) is 90.8 Å². The van der Waals surface area contributed by atoms with Crippen LogP contribution in [-0.2, 0) is 22.6 Å². The number of pyridine rings is 1. The Morgan fingerprint density at radius 2 is 1.87 bits per heavy atom. The molecule has 0 saturated carbocycles. The quantitative estimate of drug-likeness (QED) is 0.211. The molecule has 1 amide bonds. The zero-order valence-electron chi connectivity index (χ0n) is 20.9. The van der Waals surface area contributed by atoms with Crippen molar-refractivity contribution < 1.29 is 18.7 Å². The van der Waals surface area contributed by atoms with Gasteiger partial charge in [0.1, 0.15) is 11.5 Å². The van der Waals surface area contributed by atoms with Crippen molar-refractivity contribution in [3.63, 3.8) is 0 Å². The molecule has 0 N–H and O–H groups in total. The van der Waals surface area contributed by atoms with Crippen LogP contribution in [0.1, 0.15) is 18.9 Å². The Hall–Kier alpha value is -4.37. The van der Waals surface area contributed by atoms with Gasteiger partial charge in [-0.2, -0.15) is 0 Å². The number of aromatic nitrogens is 3. The number of ketones is 1. The number of anilines is 1.